The number of rotatable bonds is 3. The van der Waals surface area contributed by atoms with Crippen molar-refractivity contribution in [3.63, 3.8) is 0 Å². The van der Waals surface area contributed by atoms with Crippen molar-refractivity contribution in [2.24, 2.45) is 0 Å². The highest BCUT2D eigenvalue weighted by atomic mass is 32.1. The minimum Gasteiger partial charge on any atom is -0.365 e. The first-order valence-electron chi connectivity index (χ1n) is 8.31. The molecule has 4 rings (SSSR count). The number of nitrogens with one attached hydrogen (secondary N) is 1. The van der Waals surface area contributed by atoms with Gasteiger partial charge in [0.05, 0.1) is 5.39 Å². The summed E-state index contributed by atoms with van der Waals surface area (Å²) in [6, 6.07) is 5.60. The molecular weight excluding hydrogens is 334 g/mol. The van der Waals surface area contributed by atoms with E-state index in [0.717, 1.165) is 34.8 Å². The Morgan fingerprint density at radius 3 is 3.00 bits per heavy atom. The fraction of sp³-hybridized carbons (Fsp3) is 0.333. The van der Waals surface area contributed by atoms with E-state index in [4.69, 9.17) is 0 Å². The van der Waals surface area contributed by atoms with Crippen molar-refractivity contribution in [1.29, 1.82) is 0 Å². The highest BCUT2D eigenvalue weighted by molar-refractivity contribution is 7.17. The average molecular weight is 353 g/mol. The van der Waals surface area contributed by atoms with Gasteiger partial charge in [-0.1, -0.05) is 6.07 Å². The third-order valence-corrected chi connectivity index (χ3v) is 5.42. The van der Waals surface area contributed by atoms with Gasteiger partial charge in [-0.2, -0.15) is 0 Å². The lowest BCUT2D eigenvalue weighted by molar-refractivity contribution is 0.0786. The highest BCUT2D eigenvalue weighted by Crippen LogP contribution is 2.30. The molecule has 1 fully saturated rings. The summed E-state index contributed by atoms with van der Waals surface area (Å²) in [6.07, 6.45) is 2.55. The van der Waals surface area contributed by atoms with Crippen LogP contribution >= 0.6 is 11.3 Å². The molecule has 25 heavy (non-hydrogen) atoms. The second-order valence-corrected chi connectivity index (χ2v) is 7.17. The summed E-state index contributed by atoms with van der Waals surface area (Å²) in [6.45, 7) is 5.37. The molecule has 0 aliphatic carbocycles. The zero-order valence-corrected chi connectivity index (χ0v) is 15.0. The quantitative estimate of drug-likeness (QED) is 0.784. The molecule has 128 valence electrons. The number of amides is 1. The number of hydrogen-bond acceptors (Lipinski definition) is 6. The van der Waals surface area contributed by atoms with E-state index in [1.807, 2.05) is 24.0 Å². The number of anilines is 1. The summed E-state index contributed by atoms with van der Waals surface area (Å²) in [5.74, 6) is 1.62. The Morgan fingerprint density at radius 1 is 1.32 bits per heavy atom. The number of carbonyl (C=O) groups excluding carboxylic acids is 1. The molecule has 4 heterocycles. The Bertz CT molecular complexity index is 924. The SMILES string of the molecule is Cc1nc(NC2CCN(C(=O)c3ccccn3)C2)c2c(C)csc2n1. The average Bonchev–Trinajstić information content (AvgIpc) is 3.22. The molecule has 0 saturated carbocycles. The number of nitrogens with zero attached hydrogens (tertiary/aromatic N) is 4. The van der Waals surface area contributed by atoms with Gasteiger partial charge < -0.3 is 10.2 Å². The molecule has 0 radical (unpaired) electrons. The molecule has 0 bridgehead atoms. The molecule has 3 aromatic heterocycles. The van der Waals surface area contributed by atoms with Crippen LogP contribution in [0.25, 0.3) is 10.2 Å². The Balaban J connectivity index is 1.52. The number of aryl methyl sites for hydroxylation is 2. The van der Waals surface area contributed by atoms with Gasteiger partial charge in [0.1, 0.15) is 22.2 Å². The number of aromatic nitrogens is 3. The van der Waals surface area contributed by atoms with Gasteiger partial charge in [-0.25, -0.2) is 9.97 Å². The number of thiophene rings is 1. The van der Waals surface area contributed by atoms with E-state index < -0.39 is 0 Å². The minimum absolute atomic E-state index is 0.0133. The third kappa shape index (κ3) is 3.07. The van der Waals surface area contributed by atoms with E-state index in [0.29, 0.717) is 12.2 Å². The van der Waals surface area contributed by atoms with Crippen molar-refractivity contribution in [3.05, 3.63) is 46.9 Å². The number of likely N-dealkylation sites (tertiary alicyclic amines) is 1. The van der Waals surface area contributed by atoms with Crippen LogP contribution in [0.5, 0.6) is 0 Å². The first-order valence-corrected chi connectivity index (χ1v) is 9.19. The molecular formula is C18H19N5OS. The fourth-order valence-corrected chi connectivity index (χ4v) is 4.17. The van der Waals surface area contributed by atoms with Crippen LogP contribution in [0.4, 0.5) is 5.82 Å². The zero-order valence-electron chi connectivity index (χ0n) is 14.2. The lowest BCUT2D eigenvalue weighted by atomic mass is 10.2. The van der Waals surface area contributed by atoms with Gasteiger partial charge in [0.2, 0.25) is 0 Å². The van der Waals surface area contributed by atoms with Crippen molar-refractivity contribution >= 4 is 33.3 Å². The summed E-state index contributed by atoms with van der Waals surface area (Å²) in [7, 11) is 0. The van der Waals surface area contributed by atoms with Crippen molar-refractivity contribution in [3.8, 4) is 0 Å². The van der Waals surface area contributed by atoms with Gasteiger partial charge in [0.25, 0.3) is 5.91 Å². The molecule has 1 aliphatic heterocycles. The van der Waals surface area contributed by atoms with E-state index in [1.54, 1.807) is 23.6 Å². The largest absolute Gasteiger partial charge is 0.365 e. The first-order chi connectivity index (χ1) is 12.1. The molecule has 1 unspecified atom stereocenters. The first kappa shape index (κ1) is 16.0. The molecule has 1 aliphatic rings. The van der Waals surface area contributed by atoms with Gasteiger partial charge in [0, 0.05) is 25.3 Å². The number of fused-ring (bicyclic) bond motifs is 1. The molecule has 3 aromatic rings. The molecule has 1 amide bonds. The number of carbonyl (C=O) groups is 1. The molecule has 0 spiro atoms. The molecule has 6 nitrogen and oxygen atoms in total. The molecule has 1 atom stereocenters. The lowest BCUT2D eigenvalue weighted by Crippen LogP contribution is -2.32. The second kappa shape index (κ2) is 6.40. The Labute approximate surface area is 149 Å². The fourth-order valence-electron chi connectivity index (χ4n) is 3.20. The summed E-state index contributed by atoms with van der Waals surface area (Å²) < 4.78 is 0. The predicted molar refractivity (Wildman–Crippen MR) is 99.1 cm³/mol. The van der Waals surface area contributed by atoms with Crippen molar-refractivity contribution in [2.45, 2.75) is 26.3 Å². The van der Waals surface area contributed by atoms with Crippen molar-refractivity contribution in [1.82, 2.24) is 19.9 Å². The Kier molecular flexibility index (Phi) is 4.09. The molecule has 7 heteroatoms. The van der Waals surface area contributed by atoms with Crippen LogP contribution in [0.1, 0.15) is 28.3 Å². The highest BCUT2D eigenvalue weighted by Gasteiger charge is 2.28. The van der Waals surface area contributed by atoms with Gasteiger partial charge in [-0.15, -0.1) is 11.3 Å². The summed E-state index contributed by atoms with van der Waals surface area (Å²) in [5.41, 5.74) is 1.68. The van der Waals surface area contributed by atoms with Crippen LogP contribution in [0.15, 0.2) is 29.8 Å². The normalized spacial score (nSPS) is 17.2. The van der Waals surface area contributed by atoms with Gasteiger partial charge >= 0.3 is 0 Å². The topological polar surface area (TPSA) is 71.0 Å². The maximum absolute atomic E-state index is 12.5. The van der Waals surface area contributed by atoms with E-state index in [-0.39, 0.29) is 11.9 Å². The maximum Gasteiger partial charge on any atom is 0.272 e. The Morgan fingerprint density at radius 2 is 2.20 bits per heavy atom. The van der Waals surface area contributed by atoms with Gasteiger partial charge in [0.15, 0.2) is 0 Å². The smallest absolute Gasteiger partial charge is 0.272 e. The molecule has 1 saturated heterocycles. The number of pyridine rings is 1. The van der Waals surface area contributed by atoms with Crippen molar-refractivity contribution in [2.75, 3.05) is 18.4 Å². The minimum atomic E-state index is -0.0133. The van der Waals surface area contributed by atoms with Crippen LogP contribution in [-0.4, -0.2) is 44.9 Å². The van der Waals surface area contributed by atoms with Gasteiger partial charge in [-0.05, 0) is 43.3 Å². The number of hydrogen-bond donors (Lipinski definition) is 1. The van der Waals surface area contributed by atoms with Crippen LogP contribution in [0.3, 0.4) is 0 Å². The summed E-state index contributed by atoms with van der Waals surface area (Å²) in [4.78, 5) is 28.7. The zero-order chi connectivity index (χ0) is 17.4. The van der Waals surface area contributed by atoms with Gasteiger partial charge in [-0.3, -0.25) is 9.78 Å². The van der Waals surface area contributed by atoms with Crippen LogP contribution in [0, 0.1) is 13.8 Å². The van der Waals surface area contributed by atoms with Crippen molar-refractivity contribution < 1.29 is 4.79 Å². The van der Waals surface area contributed by atoms with E-state index in [2.05, 4.69) is 32.6 Å². The van der Waals surface area contributed by atoms with Crippen LogP contribution < -0.4 is 5.32 Å². The summed E-state index contributed by atoms with van der Waals surface area (Å²) in [5, 5.41) is 6.72. The lowest BCUT2D eigenvalue weighted by Gasteiger charge is -2.17. The molecule has 1 N–H and O–H groups in total. The Hall–Kier alpha value is -2.54. The maximum atomic E-state index is 12.5. The van der Waals surface area contributed by atoms with E-state index in [1.165, 1.54) is 5.56 Å². The van der Waals surface area contributed by atoms with Crippen LogP contribution in [-0.2, 0) is 0 Å². The molecule has 0 aromatic carbocycles. The van der Waals surface area contributed by atoms with E-state index >= 15 is 0 Å². The van der Waals surface area contributed by atoms with E-state index in [9.17, 15) is 4.79 Å². The monoisotopic (exact) mass is 353 g/mol. The van der Waals surface area contributed by atoms with Crippen LogP contribution in [0.2, 0.25) is 0 Å². The third-order valence-electron chi connectivity index (χ3n) is 4.43. The standard InChI is InChI=1S/C18H19N5OS/c1-11-10-25-17-15(11)16(20-12(2)21-17)22-13-6-8-23(9-13)18(24)14-5-3-4-7-19-14/h3-5,7,10,13H,6,8-9H2,1-2H3,(H,20,21,22). The summed E-state index contributed by atoms with van der Waals surface area (Å²) >= 11 is 1.64. The predicted octanol–water partition coefficient (Wildman–Crippen LogP) is 3.03. The second-order valence-electron chi connectivity index (χ2n) is 6.31.